The van der Waals surface area contributed by atoms with Gasteiger partial charge in [0.2, 0.25) is 5.43 Å². The smallest absolute Gasteiger partial charge is 0.261 e. The maximum atomic E-state index is 13.0. The van der Waals surface area contributed by atoms with E-state index in [0.717, 1.165) is 27.5 Å². The number of amides is 1. The molecule has 132 valence electrons. The average molecular weight is 432 g/mol. The molecule has 4 rings (SSSR count). The van der Waals surface area contributed by atoms with E-state index in [4.69, 9.17) is 11.6 Å². The van der Waals surface area contributed by atoms with Gasteiger partial charge >= 0.3 is 0 Å². The second kappa shape index (κ2) is 6.25. The molecule has 0 fully saturated rings. The number of pyridine rings is 1. The summed E-state index contributed by atoms with van der Waals surface area (Å²) >= 11 is 9.44. The topological polar surface area (TPSA) is 51.1 Å². The highest BCUT2D eigenvalue weighted by Gasteiger charge is 2.25. The van der Waals surface area contributed by atoms with Crippen LogP contribution in [0.4, 0.5) is 5.69 Å². The Morgan fingerprint density at radius 3 is 2.81 bits per heavy atom. The molecule has 2 heterocycles. The van der Waals surface area contributed by atoms with E-state index in [0.29, 0.717) is 16.1 Å². The van der Waals surface area contributed by atoms with E-state index in [-0.39, 0.29) is 17.0 Å². The van der Waals surface area contributed by atoms with Crippen molar-refractivity contribution in [1.82, 2.24) is 4.57 Å². The summed E-state index contributed by atoms with van der Waals surface area (Å²) < 4.78 is 2.88. The lowest BCUT2D eigenvalue weighted by molar-refractivity contribution is 0.102. The van der Waals surface area contributed by atoms with Gasteiger partial charge in [-0.05, 0) is 61.7 Å². The van der Waals surface area contributed by atoms with E-state index >= 15 is 0 Å². The molecule has 0 saturated carbocycles. The average Bonchev–Trinajstić information content (AvgIpc) is 2.88. The van der Waals surface area contributed by atoms with Gasteiger partial charge in [0.15, 0.2) is 0 Å². The minimum Gasteiger partial charge on any atom is -0.343 e. The molecule has 0 radical (unpaired) electrons. The second-order valence-corrected chi connectivity index (χ2v) is 8.06. The Kier molecular flexibility index (Phi) is 4.16. The Morgan fingerprint density at radius 1 is 1.31 bits per heavy atom. The van der Waals surface area contributed by atoms with Crippen LogP contribution in [0.2, 0.25) is 5.02 Å². The number of carbonyl (C=O) groups excluding carboxylic acids is 1. The van der Waals surface area contributed by atoms with Gasteiger partial charge in [-0.25, -0.2) is 0 Å². The molecule has 26 heavy (non-hydrogen) atoms. The van der Waals surface area contributed by atoms with Crippen molar-refractivity contribution in [2.24, 2.45) is 0 Å². The van der Waals surface area contributed by atoms with Crippen molar-refractivity contribution in [3.8, 4) is 0 Å². The van der Waals surface area contributed by atoms with Crippen molar-refractivity contribution < 1.29 is 4.79 Å². The number of nitrogens with zero attached hydrogens (tertiary/aromatic N) is 1. The quantitative estimate of drug-likeness (QED) is 0.614. The molecular formula is C20H16BrClN2O2. The predicted molar refractivity (Wildman–Crippen MR) is 108 cm³/mol. The molecule has 1 N–H and O–H groups in total. The van der Waals surface area contributed by atoms with Gasteiger partial charge in [-0.1, -0.05) is 27.5 Å². The fraction of sp³-hybridized carbons (Fsp3) is 0.200. The van der Waals surface area contributed by atoms with E-state index in [2.05, 4.69) is 28.2 Å². The summed E-state index contributed by atoms with van der Waals surface area (Å²) in [5, 5.41) is 4.01. The summed E-state index contributed by atoms with van der Waals surface area (Å²) in [7, 11) is 0. The number of aromatic nitrogens is 1. The fourth-order valence-electron chi connectivity index (χ4n) is 3.58. The summed E-state index contributed by atoms with van der Waals surface area (Å²) in [5.41, 5.74) is 3.42. The third-order valence-corrected chi connectivity index (χ3v) is 5.53. The van der Waals surface area contributed by atoms with Gasteiger partial charge in [-0.15, -0.1) is 0 Å². The first kappa shape index (κ1) is 17.3. The summed E-state index contributed by atoms with van der Waals surface area (Å²) in [6.45, 7) is 3.95. The fourth-order valence-corrected chi connectivity index (χ4v) is 4.31. The first-order valence-electron chi connectivity index (χ1n) is 8.30. The van der Waals surface area contributed by atoms with E-state index in [1.165, 1.54) is 0 Å². The number of carbonyl (C=O) groups is 1. The zero-order valence-corrected chi connectivity index (χ0v) is 16.6. The van der Waals surface area contributed by atoms with Crippen molar-refractivity contribution in [3.63, 3.8) is 0 Å². The highest BCUT2D eigenvalue weighted by Crippen LogP contribution is 2.33. The first-order valence-corrected chi connectivity index (χ1v) is 9.47. The number of aryl methyl sites for hydroxylation is 1. The maximum absolute atomic E-state index is 13.0. The molecule has 4 nitrogen and oxygen atoms in total. The van der Waals surface area contributed by atoms with E-state index < -0.39 is 5.91 Å². The minimum absolute atomic E-state index is 0.143. The number of nitrogens with one attached hydrogen (secondary N) is 1. The van der Waals surface area contributed by atoms with Crippen LogP contribution in [0.15, 0.2) is 45.8 Å². The van der Waals surface area contributed by atoms with Gasteiger partial charge in [0.05, 0.1) is 5.52 Å². The summed E-state index contributed by atoms with van der Waals surface area (Å²) in [6, 6.07) is 9.26. The van der Waals surface area contributed by atoms with Crippen LogP contribution in [0, 0.1) is 6.92 Å². The monoisotopic (exact) mass is 430 g/mol. The summed E-state index contributed by atoms with van der Waals surface area (Å²) in [4.78, 5) is 25.8. The van der Waals surface area contributed by atoms with Gasteiger partial charge < -0.3 is 9.88 Å². The maximum Gasteiger partial charge on any atom is 0.261 e. The number of hydrogen-bond donors (Lipinski definition) is 1. The standard InChI is InChI=1S/C20H16BrClN2O2/c1-10-5-14(22)3-4-17(10)23-20(26)16-9-24-11(2)6-12-7-13(21)8-15(18(12)24)19(16)25/h3-5,7-9,11H,6H2,1-2H3,(H,23,26). The lowest BCUT2D eigenvalue weighted by Gasteiger charge is -2.13. The lowest BCUT2D eigenvalue weighted by atomic mass is 10.1. The van der Waals surface area contributed by atoms with E-state index in [1.807, 2.05) is 17.6 Å². The molecule has 1 aliphatic heterocycles. The van der Waals surface area contributed by atoms with Crippen LogP contribution in [0.25, 0.3) is 10.9 Å². The minimum atomic E-state index is -0.410. The normalized spacial score (nSPS) is 15.5. The molecule has 6 heteroatoms. The number of anilines is 1. The molecule has 0 bridgehead atoms. The van der Waals surface area contributed by atoms with Crippen molar-refractivity contribution in [3.05, 3.63) is 72.9 Å². The van der Waals surface area contributed by atoms with Gasteiger partial charge in [0.25, 0.3) is 5.91 Å². The molecule has 1 aromatic heterocycles. The van der Waals surface area contributed by atoms with Gasteiger partial charge in [-0.2, -0.15) is 0 Å². The molecule has 0 saturated heterocycles. The summed E-state index contributed by atoms with van der Waals surface area (Å²) in [5.74, 6) is -0.410. The molecule has 1 atom stereocenters. The van der Waals surface area contributed by atoms with E-state index in [1.54, 1.807) is 30.5 Å². The van der Waals surface area contributed by atoms with Crippen LogP contribution in [-0.4, -0.2) is 10.5 Å². The number of hydrogen-bond acceptors (Lipinski definition) is 2. The van der Waals surface area contributed by atoms with Crippen LogP contribution in [0.3, 0.4) is 0 Å². The highest BCUT2D eigenvalue weighted by molar-refractivity contribution is 9.10. The largest absolute Gasteiger partial charge is 0.343 e. The zero-order valence-electron chi connectivity index (χ0n) is 14.3. The predicted octanol–water partition coefficient (Wildman–Crippen LogP) is 5.10. The first-order chi connectivity index (χ1) is 12.3. The summed E-state index contributed by atoms with van der Waals surface area (Å²) in [6.07, 6.45) is 2.52. The van der Waals surface area contributed by atoms with E-state index in [9.17, 15) is 9.59 Å². The van der Waals surface area contributed by atoms with Crippen LogP contribution in [0.5, 0.6) is 0 Å². The Labute approximate surface area is 163 Å². The lowest BCUT2D eigenvalue weighted by Crippen LogP contribution is -2.24. The van der Waals surface area contributed by atoms with Crippen LogP contribution in [-0.2, 0) is 6.42 Å². The zero-order chi connectivity index (χ0) is 18.6. The molecule has 3 aromatic rings. The SMILES string of the molecule is Cc1cc(Cl)ccc1NC(=O)c1cn2c3c(cc(Br)cc3c1=O)CC2C. The van der Waals surface area contributed by atoms with Crippen LogP contribution in [0.1, 0.15) is 34.5 Å². The van der Waals surface area contributed by atoms with Gasteiger partial charge in [0, 0.05) is 32.8 Å². The van der Waals surface area contributed by atoms with Crippen molar-refractivity contribution >= 4 is 50.0 Å². The van der Waals surface area contributed by atoms with Crippen molar-refractivity contribution in [2.75, 3.05) is 5.32 Å². The van der Waals surface area contributed by atoms with Crippen molar-refractivity contribution in [2.45, 2.75) is 26.3 Å². The molecule has 0 aliphatic carbocycles. The molecule has 1 amide bonds. The van der Waals surface area contributed by atoms with Gasteiger partial charge in [-0.3, -0.25) is 9.59 Å². The second-order valence-electron chi connectivity index (χ2n) is 6.71. The van der Waals surface area contributed by atoms with Crippen LogP contribution < -0.4 is 10.7 Å². The molecule has 0 spiro atoms. The molecule has 2 aromatic carbocycles. The Hall–Kier alpha value is -2.11. The van der Waals surface area contributed by atoms with Crippen LogP contribution >= 0.6 is 27.5 Å². The molecule has 1 aliphatic rings. The van der Waals surface area contributed by atoms with Crippen molar-refractivity contribution in [1.29, 1.82) is 0 Å². The number of halogens is 2. The number of rotatable bonds is 2. The third-order valence-electron chi connectivity index (χ3n) is 4.84. The number of benzene rings is 2. The third kappa shape index (κ3) is 2.75. The van der Waals surface area contributed by atoms with Gasteiger partial charge in [0.1, 0.15) is 5.56 Å². The highest BCUT2D eigenvalue weighted by atomic mass is 79.9. The Balaban J connectivity index is 1.84. The Bertz CT molecular complexity index is 1140. The molecular weight excluding hydrogens is 416 g/mol. The molecule has 1 unspecified atom stereocenters. The Morgan fingerprint density at radius 2 is 2.08 bits per heavy atom.